The van der Waals surface area contributed by atoms with E-state index in [1.54, 1.807) is 7.11 Å². The van der Waals surface area contributed by atoms with E-state index in [2.05, 4.69) is 46.2 Å². The first-order valence-electron chi connectivity index (χ1n) is 9.46. The molecule has 0 fully saturated rings. The highest BCUT2D eigenvalue weighted by atomic mass is 16.5. The molecule has 0 aromatic heterocycles. The molecule has 5 nitrogen and oxygen atoms in total. The van der Waals surface area contributed by atoms with E-state index >= 15 is 0 Å². The number of ether oxygens (including phenoxy) is 1. The molecule has 4 rings (SSSR count). The summed E-state index contributed by atoms with van der Waals surface area (Å²) < 4.78 is 5.27. The molecule has 1 aliphatic heterocycles. The third kappa shape index (κ3) is 3.60. The van der Waals surface area contributed by atoms with E-state index in [1.165, 1.54) is 11.1 Å². The van der Waals surface area contributed by atoms with Gasteiger partial charge in [-0.25, -0.2) is 4.90 Å². The lowest BCUT2D eigenvalue weighted by Crippen LogP contribution is -2.59. The number of anilines is 1. The van der Waals surface area contributed by atoms with Crippen LogP contribution in [-0.2, 0) is 13.1 Å². The highest BCUT2D eigenvalue weighted by Gasteiger charge is 2.35. The molecule has 3 aromatic rings. The fraction of sp³-hybridized carbons (Fsp3) is 0.217. The Kier molecular flexibility index (Phi) is 5.30. The van der Waals surface area contributed by atoms with Crippen LogP contribution in [0.1, 0.15) is 22.9 Å². The lowest BCUT2D eigenvalue weighted by atomic mass is 10.0. The summed E-state index contributed by atoms with van der Waals surface area (Å²) in [6.07, 6.45) is -0.578. The molecule has 2 unspecified atom stereocenters. The molecular formula is C23H26N4O. The lowest BCUT2D eigenvalue weighted by Gasteiger charge is -2.47. The third-order valence-corrected chi connectivity index (χ3v) is 5.30. The SMILES string of the molecule is COc1ccc(CN2c3ccccc3C(N)N(Cc3ccccc3)C2N)cc1. The van der Waals surface area contributed by atoms with Crippen LogP contribution in [0.2, 0.25) is 0 Å². The van der Waals surface area contributed by atoms with Crippen LogP contribution in [0.5, 0.6) is 5.75 Å². The van der Waals surface area contributed by atoms with Crippen molar-refractivity contribution in [2.24, 2.45) is 11.5 Å². The molecule has 0 spiro atoms. The van der Waals surface area contributed by atoms with Gasteiger partial charge in [-0.1, -0.05) is 60.7 Å². The van der Waals surface area contributed by atoms with Gasteiger partial charge in [0, 0.05) is 24.3 Å². The number of nitrogens with two attached hydrogens (primary N) is 2. The number of rotatable bonds is 5. The highest BCUT2D eigenvalue weighted by Crippen LogP contribution is 2.36. The first-order valence-corrected chi connectivity index (χ1v) is 9.46. The maximum absolute atomic E-state index is 6.73. The Morgan fingerprint density at radius 1 is 0.786 bits per heavy atom. The maximum atomic E-state index is 6.73. The molecule has 0 saturated heterocycles. The first kappa shape index (κ1) is 18.5. The fourth-order valence-electron chi connectivity index (χ4n) is 3.76. The van der Waals surface area contributed by atoms with Crippen molar-refractivity contribution in [1.82, 2.24) is 4.90 Å². The summed E-state index contributed by atoms with van der Waals surface area (Å²) in [7, 11) is 1.68. The Bertz CT molecular complexity index is 913. The number of hydrogen-bond acceptors (Lipinski definition) is 5. The van der Waals surface area contributed by atoms with Gasteiger partial charge in [-0.3, -0.25) is 5.73 Å². The van der Waals surface area contributed by atoms with Crippen LogP contribution in [0.25, 0.3) is 0 Å². The molecule has 2 atom stereocenters. The number of methoxy groups -OCH3 is 1. The van der Waals surface area contributed by atoms with Gasteiger partial charge >= 0.3 is 0 Å². The van der Waals surface area contributed by atoms with Gasteiger partial charge in [-0.2, -0.15) is 0 Å². The first-order chi connectivity index (χ1) is 13.7. The van der Waals surface area contributed by atoms with Crippen LogP contribution >= 0.6 is 0 Å². The number of nitrogens with zero attached hydrogens (tertiary/aromatic N) is 2. The van der Waals surface area contributed by atoms with Gasteiger partial charge in [-0.15, -0.1) is 0 Å². The maximum Gasteiger partial charge on any atom is 0.136 e. The van der Waals surface area contributed by atoms with Crippen molar-refractivity contribution >= 4 is 5.69 Å². The summed E-state index contributed by atoms with van der Waals surface area (Å²) in [5.41, 5.74) is 17.9. The molecule has 0 bridgehead atoms. The zero-order valence-electron chi connectivity index (χ0n) is 16.0. The second-order valence-corrected chi connectivity index (χ2v) is 7.05. The molecule has 0 amide bonds. The van der Waals surface area contributed by atoms with Crippen LogP contribution in [0.3, 0.4) is 0 Å². The Morgan fingerprint density at radius 2 is 1.43 bits per heavy atom. The highest BCUT2D eigenvalue weighted by molar-refractivity contribution is 5.57. The Morgan fingerprint density at radius 3 is 2.14 bits per heavy atom. The average Bonchev–Trinajstić information content (AvgIpc) is 2.75. The van der Waals surface area contributed by atoms with E-state index in [-0.39, 0.29) is 12.5 Å². The minimum Gasteiger partial charge on any atom is -0.497 e. The van der Waals surface area contributed by atoms with E-state index in [0.717, 1.165) is 17.0 Å². The Hall–Kier alpha value is -2.86. The number of benzene rings is 3. The van der Waals surface area contributed by atoms with Crippen LogP contribution < -0.4 is 21.1 Å². The van der Waals surface area contributed by atoms with Gasteiger partial charge < -0.3 is 15.4 Å². The van der Waals surface area contributed by atoms with E-state index < -0.39 is 0 Å². The normalized spacial score (nSPS) is 19.3. The smallest absolute Gasteiger partial charge is 0.136 e. The van der Waals surface area contributed by atoms with Gasteiger partial charge in [-0.05, 0) is 29.3 Å². The van der Waals surface area contributed by atoms with E-state index in [4.69, 9.17) is 16.2 Å². The molecule has 144 valence electrons. The van der Waals surface area contributed by atoms with Crippen molar-refractivity contribution in [3.8, 4) is 5.75 Å². The monoisotopic (exact) mass is 374 g/mol. The summed E-state index contributed by atoms with van der Waals surface area (Å²) in [5, 5.41) is 0. The Labute approximate surface area is 166 Å². The Balaban J connectivity index is 1.66. The van der Waals surface area contributed by atoms with Crippen LogP contribution in [0.4, 0.5) is 5.69 Å². The van der Waals surface area contributed by atoms with Crippen LogP contribution in [0.15, 0.2) is 78.9 Å². The van der Waals surface area contributed by atoms with Gasteiger partial charge in [0.05, 0.1) is 13.3 Å². The molecule has 0 radical (unpaired) electrons. The molecule has 1 heterocycles. The molecule has 0 aliphatic carbocycles. The summed E-state index contributed by atoms with van der Waals surface area (Å²) in [6.45, 7) is 1.39. The molecule has 0 saturated carbocycles. The number of para-hydroxylation sites is 1. The van der Waals surface area contributed by atoms with Gasteiger partial charge in [0.15, 0.2) is 0 Å². The second kappa shape index (κ2) is 8.02. The molecule has 5 heteroatoms. The zero-order chi connectivity index (χ0) is 19.5. The predicted octanol–water partition coefficient (Wildman–Crippen LogP) is 3.42. The molecule has 28 heavy (non-hydrogen) atoms. The van der Waals surface area contributed by atoms with Crippen molar-refractivity contribution in [3.05, 3.63) is 95.6 Å². The van der Waals surface area contributed by atoms with Crippen molar-refractivity contribution in [2.45, 2.75) is 25.5 Å². The van der Waals surface area contributed by atoms with Gasteiger partial charge in [0.1, 0.15) is 12.0 Å². The molecular weight excluding hydrogens is 348 g/mol. The third-order valence-electron chi connectivity index (χ3n) is 5.30. The molecule has 1 aliphatic rings. The summed E-state index contributed by atoms with van der Waals surface area (Å²) in [6, 6.07) is 26.7. The van der Waals surface area contributed by atoms with E-state index in [9.17, 15) is 0 Å². The van der Waals surface area contributed by atoms with Crippen molar-refractivity contribution in [1.29, 1.82) is 0 Å². The van der Waals surface area contributed by atoms with Gasteiger partial charge in [0.2, 0.25) is 0 Å². The van der Waals surface area contributed by atoms with Crippen molar-refractivity contribution in [3.63, 3.8) is 0 Å². The topological polar surface area (TPSA) is 67.8 Å². The number of hydrogen-bond donors (Lipinski definition) is 2. The second-order valence-electron chi connectivity index (χ2n) is 7.05. The quantitative estimate of drug-likeness (QED) is 0.716. The van der Waals surface area contributed by atoms with Crippen molar-refractivity contribution in [2.75, 3.05) is 12.0 Å². The van der Waals surface area contributed by atoms with Crippen molar-refractivity contribution < 1.29 is 4.74 Å². The number of fused-ring (bicyclic) bond motifs is 1. The molecule has 4 N–H and O–H groups in total. The van der Waals surface area contributed by atoms with E-state index in [0.29, 0.717) is 13.1 Å². The summed E-state index contributed by atoms with van der Waals surface area (Å²) in [5.74, 6) is 0.847. The lowest BCUT2D eigenvalue weighted by molar-refractivity contribution is 0.112. The van der Waals surface area contributed by atoms with Gasteiger partial charge in [0.25, 0.3) is 0 Å². The van der Waals surface area contributed by atoms with Crippen LogP contribution in [-0.4, -0.2) is 18.3 Å². The van der Waals surface area contributed by atoms with Crippen LogP contribution in [0, 0.1) is 0 Å². The fourth-order valence-corrected chi connectivity index (χ4v) is 3.76. The zero-order valence-corrected chi connectivity index (χ0v) is 16.0. The minimum atomic E-state index is -0.327. The van der Waals surface area contributed by atoms with E-state index in [1.807, 2.05) is 42.5 Å². The minimum absolute atomic E-state index is 0.251. The largest absolute Gasteiger partial charge is 0.497 e. The molecule has 3 aromatic carbocycles. The standard InChI is InChI=1S/C23H26N4O/c1-28-19-13-11-18(12-14-19)15-26-21-10-6-5-9-20(21)22(24)27(23(26)25)16-17-7-3-2-4-8-17/h2-14,22-23H,15-16,24-25H2,1H3. The predicted molar refractivity (Wildman–Crippen MR) is 113 cm³/mol. The summed E-state index contributed by atoms with van der Waals surface area (Å²) >= 11 is 0. The average molecular weight is 374 g/mol. The summed E-state index contributed by atoms with van der Waals surface area (Å²) in [4.78, 5) is 4.35.